The van der Waals surface area contributed by atoms with Gasteiger partial charge in [-0.3, -0.25) is 9.59 Å². The van der Waals surface area contributed by atoms with E-state index < -0.39 is 0 Å². The van der Waals surface area contributed by atoms with Gasteiger partial charge in [0.2, 0.25) is 11.8 Å². The van der Waals surface area contributed by atoms with Gasteiger partial charge in [-0.15, -0.1) is 0 Å². The van der Waals surface area contributed by atoms with E-state index in [1.165, 1.54) is 0 Å². The molecule has 0 bridgehead atoms. The molecule has 2 aromatic carbocycles. The summed E-state index contributed by atoms with van der Waals surface area (Å²) in [4.78, 5) is 23.9. The number of amides is 2. The van der Waals surface area contributed by atoms with Gasteiger partial charge in [-0.25, -0.2) is 0 Å². The number of hydrogen-bond acceptors (Lipinski definition) is 3. The van der Waals surface area contributed by atoms with Crippen molar-refractivity contribution in [3.63, 3.8) is 0 Å². The highest BCUT2D eigenvalue weighted by Crippen LogP contribution is 2.16. The molecule has 132 valence electrons. The van der Waals surface area contributed by atoms with Gasteiger partial charge in [-0.05, 0) is 30.2 Å². The fourth-order valence-corrected chi connectivity index (χ4v) is 2.45. The van der Waals surface area contributed by atoms with E-state index in [1.807, 2.05) is 48.5 Å². The molecular weight excluding hydrogens is 316 g/mol. The maximum atomic E-state index is 12.0. The van der Waals surface area contributed by atoms with E-state index in [2.05, 4.69) is 17.6 Å². The molecule has 2 N–H and O–H groups in total. The van der Waals surface area contributed by atoms with Crippen LogP contribution in [0.2, 0.25) is 0 Å². The smallest absolute Gasteiger partial charge is 0.224 e. The molecule has 0 radical (unpaired) electrons. The van der Waals surface area contributed by atoms with Crippen LogP contribution in [-0.4, -0.2) is 18.9 Å². The summed E-state index contributed by atoms with van der Waals surface area (Å²) in [7, 11) is 1.60. The molecular formula is C20H24N2O3. The van der Waals surface area contributed by atoms with Crippen LogP contribution < -0.4 is 15.4 Å². The average Bonchev–Trinajstić information content (AvgIpc) is 2.65. The molecule has 0 saturated carbocycles. The van der Waals surface area contributed by atoms with E-state index in [1.54, 1.807) is 7.11 Å². The van der Waals surface area contributed by atoms with Crippen molar-refractivity contribution in [2.45, 2.75) is 32.7 Å². The van der Waals surface area contributed by atoms with E-state index in [0.717, 1.165) is 29.0 Å². The van der Waals surface area contributed by atoms with Gasteiger partial charge in [-0.2, -0.15) is 0 Å². The van der Waals surface area contributed by atoms with Crippen LogP contribution in [-0.2, 0) is 22.6 Å². The van der Waals surface area contributed by atoms with E-state index in [4.69, 9.17) is 4.74 Å². The molecule has 5 nitrogen and oxygen atoms in total. The second kappa shape index (κ2) is 9.47. The maximum Gasteiger partial charge on any atom is 0.224 e. The molecule has 0 fully saturated rings. The second-order valence-electron chi connectivity index (χ2n) is 5.69. The standard InChI is InChI=1S/C20H24N2O3/c1-3-15-7-6-9-17(13-15)22-20(24)12-11-19(23)21-14-16-8-4-5-10-18(16)25-2/h4-10,13H,3,11-12,14H2,1-2H3,(H,21,23)(H,22,24). The van der Waals surface area contributed by atoms with Crippen LogP contribution >= 0.6 is 0 Å². The van der Waals surface area contributed by atoms with Crippen LogP contribution in [0.1, 0.15) is 30.9 Å². The van der Waals surface area contributed by atoms with Crippen molar-refractivity contribution in [3.05, 3.63) is 59.7 Å². The zero-order chi connectivity index (χ0) is 18.1. The highest BCUT2D eigenvalue weighted by Gasteiger charge is 2.09. The summed E-state index contributed by atoms with van der Waals surface area (Å²) >= 11 is 0. The molecule has 0 aliphatic heterocycles. The third kappa shape index (κ3) is 5.95. The lowest BCUT2D eigenvalue weighted by Gasteiger charge is -2.10. The minimum Gasteiger partial charge on any atom is -0.496 e. The SMILES string of the molecule is CCc1cccc(NC(=O)CCC(=O)NCc2ccccc2OC)c1. The highest BCUT2D eigenvalue weighted by molar-refractivity contribution is 5.93. The third-order valence-corrected chi connectivity index (χ3v) is 3.87. The highest BCUT2D eigenvalue weighted by atomic mass is 16.5. The Morgan fingerprint density at radius 2 is 1.76 bits per heavy atom. The summed E-state index contributed by atoms with van der Waals surface area (Å²) in [5.74, 6) is 0.403. The van der Waals surface area contributed by atoms with Crippen LogP contribution in [0.4, 0.5) is 5.69 Å². The Morgan fingerprint density at radius 3 is 2.52 bits per heavy atom. The zero-order valence-corrected chi connectivity index (χ0v) is 14.7. The van der Waals surface area contributed by atoms with Crippen molar-refractivity contribution < 1.29 is 14.3 Å². The first kappa shape index (κ1) is 18.5. The van der Waals surface area contributed by atoms with E-state index >= 15 is 0 Å². The number of carbonyl (C=O) groups is 2. The summed E-state index contributed by atoms with van der Waals surface area (Å²) in [5.41, 5.74) is 2.82. The number of methoxy groups -OCH3 is 1. The Labute approximate surface area is 148 Å². The van der Waals surface area contributed by atoms with Crippen molar-refractivity contribution in [1.82, 2.24) is 5.32 Å². The zero-order valence-electron chi connectivity index (χ0n) is 14.7. The Hall–Kier alpha value is -2.82. The van der Waals surface area contributed by atoms with Crippen molar-refractivity contribution in [1.29, 1.82) is 0 Å². The lowest BCUT2D eigenvalue weighted by Crippen LogP contribution is -2.24. The Morgan fingerprint density at radius 1 is 1.00 bits per heavy atom. The van der Waals surface area contributed by atoms with Crippen molar-refractivity contribution in [2.75, 3.05) is 12.4 Å². The number of anilines is 1. The van der Waals surface area contributed by atoms with Crippen LogP contribution in [0.15, 0.2) is 48.5 Å². The Balaban J connectivity index is 1.76. The van der Waals surface area contributed by atoms with Crippen molar-refractivity contribution in [3.8, 4) is 5.75 Å². The second-order valence-corrected chi connectivity index (χ2v) is 5.69. The molecule has 0 aliphatic rings. The van der Waals surface area contributed by atoms with Gasteiger partial charge in [0, 0.05) is 30.6 Å². The lowest BCUT2D eigenvalue weighted by atomic mass is 10.1. The van der Waals surface area contributed by atoms with Crippen LogP contribution in [0.3, 0.4) is 0 Å². The van der Waals surface area contributed by atoms with Gasteiger partial charge in [0.25, 0.3) is 0 Å². The van der Waals surface area contributed by atoms with E-state index in [9.17, 15) is 9.59 Å². The first-order valence-electron chi connectivity index (χ1n) is 8.39. The van der Waals surface area contributed by atoms with E-state index in [0.29, 0.717) is 6.54 Å². The third-order valence-electron chi connectivity index (χ3n) is 3.87. The number of benzene rings is 2. The molecule has 0 atom stereocenters. The summed E-state index contributed by atoms with van der Waals surface area (Å²) in [6.45, 7) is 2.44. The number of para-hydroxylation sites is 1. The van der Waals surface area contributed by atoms with E-state index in [-0.39, 0.29) is 24.7 Å². The minimum absolute atomic E-state index is 0.147. The number of rotatable bonds is 8. The number of carbonyl (C=O) groups excluding carboxylic acids is 2. The number of ether oxygens (including phenoxy) is 1. The van der Waals surface area contributed by atoms with Crippen molar-refractivity contribution in [2.24, 2.45) is 0 Å². The first-order valence-corrected chi connectivity index (χ1v) is 8.39. The molecule has 2 amide bonds. The summed E-state index contributed by atoms with van der Waals surface area (Å²) in [6.07, 6.45) is 1.21. The number of hydrogen-bond donors (Lipinski definition) is 2. The predicted molar refractivity (Wildman–Crippen MR) is 98.5 cm³/mol. The first-order chi connectivity index (χ1) is 12.1. The topological polar surface area (TPSA) is 67.4 Å². The fraction of sp³-hybridized carbons (Fsp3) is 0.300. The van der Waals surface area contributed by atoms with Gasteiger partial charge in [0.05, 0.1) is 7.11 Å². The van der Waals surface area contributed by atoms with Gasteiger partial charge < -0.3 is 15.4 Å². The predicted octanol–water partition coefficient (Wildman–Crippen LogP) is 3.29. The fourth-order valence-electron chi connectivity index (χ4n) is 2.45. The Bertz CT molecular complexity index is 728. The quantitative estimate of drug-likeness (QED) is 0.775. The van der Waals surface area contributed by atoms with Crippen molar-refractivity contribution >= 4 is 17.5 Å². The maximum absolute atomic E-state index is 12.0. The summed E-state index contributed by atoms with van der Waals surface area (Å²) in [6, 6.07) is 15.2. The van der Waals surface area contributed by atoms with Gasteiger partial charge >= 0.3 is 0 Å². The molecule has 0 spiro atoms. The largest absolute Gasteiger partial charge is 0.496 e. The monoisotopic (exact) mass is 340 g/mol. The molecule has 0 unspecified atom stereocenters. The normalized spacial score (nSPS) is 10.2. The molecule has 0 heterocycles. The van der Waals surface area contributed by atoms with Gasteiger partial charge in [-0.1, -0.05) is 37.3 Å². The van der Waals surface area contributed by atoms with Crippen LogP contribution in [0.5, 0.6) is 5.75 Å². The molecule has 0 aliphatic carbocycles. The van der Waals surface area contributed by atoms with Gasteiger partial charge in [0.15, 0.2) is 0 Å². The van der Waals surface area contributed by atoms with Crippen LogP contribution in [0.25, 0.3) is 0 Å². The van der Waals surface area contributed by atoms with Gasteiger partial charge in [0.1, 0.15) is 5.75 Å². The molecule has 2 rings (SSSR count). The van der Waals surface area contributed by atoms with Crippen LogP contribution in [0, 0.1) is 0 Å². The molecule has 0 saturated heterocycles. The molecule has 25 heavy (non-hydrogen) atoms. The number of aryl methyl sites for hydroxylation is 1. The minimum atomic E-state index is -0.166. The molecule has 5 heteroatoms. The average molecular weight is 340 g/mol. The Kier molecular flexibility index (Phi) is 7.01. The lowest BCUT2D eigenvalue weighted by molar-refractivity contribution is -0.124. The molecule has 2 aromatic rings. The summed E-state index contributed by atoms with van der Waals surface area (Å²) in [5, 5.41) is 5.64. The number of nitrogens with one attached hydrogen (secondary N) is 2. The summed E-state index contributed by atoms with van der Waals surface area (Å²) < 4.78 is 5.25. The molecule has 0 aromatic heterocycles.